The highest BCUT2D eigenvalue weighted by molar-refractivity contribution is 5.98. The molecule has 26 heavy (non-hydrogen) atoms. The highest BCUT2D eigenvalue weighted by Crippen LogP contribution is 2.16. The first kappa shape index (κ1) is 18.6. The minimum atomic E-state index is -0.301. The second kappa shape index (κ2) is 8.45. The SMILES string of the molecule is Cc1ccc(C(=O)CCC(=O)N2CCN(C(=O)C3CCCO3)CC2)cc1. The molecular weight excluding hydrogens is 332 g/mol. The van der Waals surface area contributed by atoms with Crippen LogP contribution in [0.4, 0.5) is 0 Å². The van der Waals surface area contributed by atoms with Crippen molar-refractivity contribution in [2.24, 2.45) is 0 Å². The van der Waals surface area contributed by atoms with Crippen LogP contribution < -0.4 is 0 Å². The van der Waals surface area contributed by atoms with Gasteiger partial charge in [0.05, 0.1) is 0 Å². The van der Waals surface area contributed by atoms with Crippen LogP contribution in [0.15, 0.2) is 24.3 Å². The van der Waals surface area contributed by atoms with Gasteiger partial charge in [-0.1, -0.05) is 29.8 Å². The monoisotopic (exact) mass is 358 g/mol. The van der Waals surface area contributed by atoms with Crippen molar-refractivity contribution in [3.05, 3.63) is 35.4 Å². The van der Waals surface area contributed by atoms with Crippen LogP contribution >= 0.6 is 0 Å². The lowest BCUT2D eigenvalue weighted by atomic mass is 10.0. The van der Waals surface area contributed by atoms with E-state index in [1.165, 1.54) is 0 Å². The Balaban J connectivity index is 1.42. The Labute approximate surface area is 154 Å². The van der Waals surface area contributed by atoms with Crippen molar-refractivity contribution < 1.29 is 19.1 Å². The fourth-order valence-corrected chi connectivity index (χ4v) is 3.41. The highest BCUT2D eigenvalue weighted by Gasteiger charge is 2.31. The molecule has 6 heteroatoms. The summed E-state index contributed by atoms with van der Waals surface area (Å²) in [5.41, 5.74) is 1.75. The molecule has 0 N–H and O–H groups in total. The lowest BCUT2D eigenvalue weighted by Crippen LogP contribution is -2.52. The molecule has 2 saturated heterocycles. The number of carbonyl (C=O) groups is 3. The number of piperazine rings is 1. The molecule has 6 nitrogen and oxygen atoms in total. The van der Waals surface area contributed by atoms with Crippen molar-refractivity contribution in [2.45, 2.75) is 38.7 Å². The predicted molar refractivity (Wildman–Crippen MR) is 96.9 cm³/mol. The molecule has 140 valence electrons. The van der Waals surface area contributed by atoms with Gasteiger partial charge in [-0.2, -0.15) is 0 Å². The standard InChI is InChI=1S/C20H26N2O4/c1-15-4-6-16(7-5-15)17(23)8-9-19(24)21-10-12-22(13-11-21)20(25)18-3-2-14-26-18/h4-7,18H,2-3,8-14H2,1H3. The molecule has 0 saturated carbocycles. The van der Waals surface area contributed by atoms with Gasteiger partial charge < -0.3 is 14.5 Å². The van der Waals surface area contributed by atoms with Gasteiger partial charge in [-0.25, -0.2) is 0 Å². The zero-order valence-electron chi connectivity index (χ0n) is 15.3. The molecule has 1 unspecified atom stereocenters. The van der Waals surface area contributed by atoms with Crippen LogP contribution in [-0.2, 0) is 14.3 Å². The van der Waals surface area contributed by atoms with Crippen LogP contribution in [0.1, 0.15) is 41.6 Å². The van der Waals surface area contributed by atoms with Gasteiger partial charge in [-0.05, 0) is 19.8 Å². The van der Waals surface area contributed by atoms with E-state index >= 15 is 0 Å². The summed E-state index contributed by atoms with van der Waals surface area (Å²) in [5, 5.41) is 0. The Morgan fingerprint density at radius 1 is 1.00 bits per heavy atom. The summed E-state index contributed by atoms with van der Waals surface area (Å²) in [6, 6.07) is 7.41. The highest BCUT2D eigenvalue weighted by atomic mass is 16.5. The molecule has 0 bridgehead atoms. The van der Waals surface area contributed by atoms with E-state index in [0.717, 1.165) is 18.4 Å². The predicted octanol–water partition coefficient (Wildman–Crippen LogP) is 1.81. The van der Waals surface area contributed by atoms with Crippen LogP contribution in [0.25, 0.3) is 0 Å². The number of hydrogen-bond acceptors (Lipinski definition) is 4. The quantitative estimate of drug-likeness (QED) is 0.753. The fraction of sp³-hybridized carbons (Fsp3) is 0.550. The first-order valence-electron chi connectivity index (χ1n) is 9.32. The Hall–Kier alpha value is -2.21. The Morgan fingerprint density at radius 3 is 2.27 bits per heavy atom. The number of ketones is 1. The van der Waals surface area contributed by atoms with Crippen LogP contribution in [0.5, 0.6) is 0 Å². The first-order chi connectivity index (χ1) is 12.5. The summed E-state index contributed by atoms with van der Waals surface area (Å²) in [6.45, 7) is 4.75. The van der Waals surface area contributed by atoms with Gasteiger partial charge in [0.2, 0.25) is 5.91 Å². The third-order valence-electron chi connectivity index (χ3n) is 5.09. The lowest BCUT2D eigenvalue weighted by Gasteiger charge is -2.35. The number of amides is 2. The van der Waals surface area contributed by atoms with Crippen molar-refractivity contribution in [3.8, 4) is 0 Å². The Kier molecular flexibility index (Phi) is 6.04. The van der Waals surface area contributed by atoms with Crippen molar-refractivity contribution in [3.63, 3.8) is 0 Å². The number of nitrogens with zero attached hydrogens (tertiary/aromatic N) is 2. The third-order valence-corrected chi connectivity index (χ3v) is 5.09. The number of ether oxygens (including phenoxy) is 1. The number of rotatable bonds is 5. The average Bonchev–Trinajstić information content (AvgIpc) is 3.20. The molecule has 2 fully saturated rings. The normalized spacial score (nSPS) is 20.3. The maximum atomic E-state index is 12.4. The molecule has 0 radical (unpaired) electrons. The number of carbonyl (C=O) groups excluding carboxylic acids is 3. The van der Waals surface area contributed by atoms with E-state index in [0.29, 0.717) is 38.3 Å². The van der Waals surface area contributed by atoms with Gasteiger partial charge >= 0.3 is 0 Å². The minimum absolute atomic E-state index is 0.00875. The van der Waals surface area contributed by atoms with Gasteiger partial charge in [0, 0.05) is 51.2 Å². The van der Waals surface area contributed by atoms with E-state index in [1.54, 1.807) is 21.9 Å². The second-order valence-corrected chi connectivity index (χ2v) is 7.00. The van der Waals surface area contributed by atoms with Crippen molar-refractivity contribution >= 4 is 17.6 Å². The maximum absolute atomic E-state index is 12.4. The van der Waals surface area contributed by atoms with Gasteiger partial charge in [-0.3, -0.25) is 14.4 Å². The smallest absolute Gasteiger partial charge is 0.251 e. The number of aryl methyl sites for hydroxylation is 1. The zero-order valence-corrected chi connectivity index (χ0v) is 15.3. The molecule has 3 rings (SSSR count). The number of hydrogen-bond donors (Lipinski definition) is 0. The summed E-state index contributed by atoms with van der Waals surface area (Å²) in [6.07, 6.45) is 1.86. The minimum Gasteiger partial charge on any atom is -0.368 e. The molecule has 2 aliphatic rings. The molecule has 2 aliphatic heterocycles. The van der Waals surface area contributed by atoms with Crippen LogP contribution in [0, 0.1) is 6.92 Å². The summed E-state index contributed by atoms with van der Waals surface area (Å²) in [7, 11) is 0. The van der Waals surface area contributed by atoms with E-state index in [1.807, 2.05) is 19.1 Å². The molecule has 0 aliphatic carbocycles. The molecule has 0 spiro atoms. The van der Waals surface area contributed by atoms with Gasteiger partial charge in [0.15, 0.2) is 5.78 Å². The van der Waals surface area contributed by atoms with E-state index in [9.17, 15) is 14.4 Å². The lowest BCUT2D eigenvalue weighted by molar-refractivity contribution is -0.146. The molecule has 1 aromatic carbocycles. The van der Waals surface area contributed by atoms with Crippen LogP contribution in [0.3, 0.4) is 0 Å². The van der Waals surface area contributed by atoms with Gasteiger partial charge in [0.1, 0.15) is 6.10 Å². The van der Waals surface area contributed by atoms with E-state index in [2.05, 4.69) is 0 Å². The fourth-order valence-electron chi connectivity index (χ4n) is 3.41. The number of Topliss-reactive ketones (excluding diaryl/α,β-unsaturated/α-hetero) is 1. The Bertz CT molecular complexity index is 657. The molecule has 2 amide bonds. The summed E-state index contributed by atoms with van der Waals surface area (Å²) >= 11 is 0. The molecule has 1 aromatic rings. The van der Waals surface area contributed by atoms with E-state index in [4.69, 9.17) is 4.74 Å². The second-order valence-electron chi connectivity index (χ2n) is 7.00. The van der Waals surface area contributed by atoms with Crippen molar-refractivity contribution in [1.29, 1.82) is 0 Å². The Morgan fingerprint density at radius 2 is 1.65 bits per heavy atom. The average molecular weight is 358 g/mol. The third kappa shape index (κ3) is 4.49. The number of benzene rings is 1. The first-order valence-corrected chi connectivity index (χ1v) is 9.32. The van der Waals surface area contributed by atoms with Crippen LogP contribution in [-0.4, -0.2) is 66.3 Å². The molecule has 1 atom stereocenters. The maximum Gasteiger partial charge on any atom is 0.251 e. The molecule has 0 aromatic heterocycles. The van der Waals surface area contributed by atoms with Crippen molar-refractivity contribution in [1.82, 2.24) is 9.80 Å². The van der Waals surface area contributed by atoms with Gasteiger partial charge in [0.25, 0.3) is 5.91 Å². The van der Waals surface area contributed by atoms with Crippen molar-refractivity contribution in [2.75, 3.05) is 32.8 Å². The summed E-state index contributed by atoms with van der Waals surface area (Å²) in [4.78, 5) is 40.4. The van der Waals surface area contributed by atoms with Gasteiger partial charge in [-0.15, -0.1) is 0 Å². The van der Waals surface area contributed by atoms with E-state index < -0.39 is 0 Å². The molecular formula is C20H26N2O4. The zero-order chi connectivity index (χ0) is 18.5. The largest absolute Gasteiger partial charge is 0.368 e. The topological polar surface area (TPSA) is 66.9 Å². The summed E-state index contributed by atoms with van der Waals surface area (Å²) < 4.78 is 5.45. The summed E-state index contributed by atoms with van der Waals surface area (Å²) in [5.74, 6) is 0.0179. The molecule has 2 heterocycles. The van der Waals surface area contributed by atoms with E-state index in [-0.39, 0.29) is 36.5 Å². The van der Waals surface area contributed by atoms with Crippen LogP contribution in [0.2, 0.25) is 0 Å².